The summed E-state index contributed by atoms with van der Waals surface area (Å²) >= 11 is 0. The smallest absolute Gasteiger partial charge is 0.150 e. The molecule has 3 atom stereocenters. The molecule has 0 aromatic rings. The van der Waals surface area contributed by atoms with Gasteiger partial charge < -0.3 is 10.2 Å². The summed E-state index contributed by atoms with van der Waals surface area (Å²) in [6.45, 7) is 7.96. The van der Waals surface area contributed by atoms with Crippen LogP contribution >= 0.6 is 0 Å². The van der Waals surface area contributed by atoms with Crippen molar-refractivity contribution < 1.29 is 8.42 Å². The number of sulfone groups is 1. The molecule has 4 nitrogen and oxygen atoms in total. The average Bonchev–Trinajstić information content (AvgIpc) is 2.85. The first-order valence-electron chi connectivity index (χ1n) is 8.02. The largest absolute Gasteiger partial charge is 0.314 e. The Hall–Kier alpha value is -0.130. The third-order valence-corrected chi connectivity index (χ3v) is 6.61. The summed E-state index contributed by atoms with van der Waals surface area (Å²) < 4.78 is 23.4. The fourth-order valence-electron chi connectivity index (χ4n) is 3.55. The zero-order valence-electron chi connectivity index (χ0n) is 13.1. The maximum Gasteiger partial charge on any atom is 0.150 e. The van der Waals surface area contributed by atoms with E-state index in [1.165, 1.54) is 25.8 Å². The lowest BCUT2D eigenvalue weighted by Gasteiger charge is -2.29. The zero-order chi connectivity index (χ0) is 14.8. The lowest BCUT2D eigenvalue weighted by Crippen LogP contribution is -2.41. The fourth-order valence-corrected chi connectivity index (χ4v) is 4.73. The second kappa shape index (κ2) is 6.75. The molecule has 1 heterocycles. The molecule has 2 fully saturated rings. The first-order valence-corrected chi connectivity index (χ1v) is 9.98. The van der Waals surface area contributed by atoms with Gasteiger partial charge in [-0.1, -0.05) is 6.42 Å². The molecule has 1 saturated carbocycles. The van der Waals surface area contributed by atoms with E-state index in [-0.39, 0.29) is 5.25 Å². The summed E-state index contributed by atoms with van der Waals surface area (Å²) in [6.07, 6.45) is 6.48. The normalized spacial score (nSPS) is 32.9. The summed E-state index contributed by atoms with van der Waals surface area (Å²) in [5, 5.41) is 3.51. The third-order valence-electron chi connectivity index (χ3n) is 4.97. The lowest BCUT2D eigenvalue weighted by atomic mass is 9.94. The number of hydrogen-bond donors (Lipinski definition) is 1. The SMILES string of the molecule is CC(C)N1CCC(CNC2CCCC(S(C)(=O)=O)C2)C1. The van der Waals surface area contributed by atoms with Crippen molar-refractivity contribution in [1.82, 2.24) is 10.2 Å². The highest BCUT2D eigenvalue weighted by molar-refractivity contribution is 7.91. The van der Waals surface area contributed by atoms with E-state index in [0.29, 0.717) is 12.1 Å². The van der Waals surface area contributed by atoms with E-state index < -0.39 is 9.84 Å². The van der Waals surface area contributed by atoms with E-state index in [4.69, 9.17) is 0 Å². The maximum atomic E-state index is 11.7. The average molecular weight is 302 g/mol. The minimum atomic E-state index is -2.86. The second-order valence-corrected chi connectivity index (χ2v) is 9.29. The number of nitrogens with one attached hydrogen (secondary N) is 1. The highest BCUT2D eigenvalue weighted by atomic mass is 32.2. The van der Waals surface area contributed by atoms with Gasteiger partial charge in [0.15, 0.2) is 0 Å². The van der Waals surface area contributed by atoms with Crippen LogP contribution in [-0.4, -0.2) is 56.5 Å². The van der Waals surface area contributed by atoms with E-state index in [1.807, 2.05) is 0 Å². The molecule has 2 aliphatic rings. The predicted molar refractivity (Wildman–Crippen MR) is 83.7 cm³/mol. The molecule has 5 heteroatoms. The summed E-state index contributed by atoms with van der Waals surface area (Å²) in [7, 11) is -2.86. The zero-order valence-corrected chi connectivity index (χ0v) is 14.0. The van der Waals surface area contributed by atoms with Crippen LogP contribution in [-0.2, 0) is 9.84 Å². The monoisotopic (exact) mass is 302 g/mol. The van der Waals surface area contributed by atoms with E-state index in [1.54, 1.807) is 0 Å². The van der Waals surface area contributed by atoms with Crippen molar-refractivity contribution in [2.24, 2.45) is 5.92 Å². The quantitative estimate of drug-likeness (QED) is 0.839. The molecule has 1 aliphatic heterocycles. The van der Waals surface area contributed by atoms with Gasteiger partial charge in [0.25, 0.3) is 0 Å². The van der Waals surface area contributed by atoms with Crippen LogP contribution in [0.2, 0.25) is 0 Å². The molecule has 0 aromatic heterocycles. The summed E-state index contributed by atoms with van der Waals surface area (Å²) in [5.41, 5.74) is 0. The molecule has 20 heavy (non-hydrogen) atoms. The topological polar surface area (TPSA) is 49.4 Å². The van der Waals surface area contributed by atoms with Crippen LogP contribution < -0.4 is 5.32 Å². The lowest BCUT2D eigenvalue weighted by molar-refractivity contribution is 0.260. The van der Waals surface area contributed by atoms with E-state index in [0.717, 1.165) is 38.1 Å². The first-order chi connectivity index (χ1) is 9.36. The Labute approximate surface area is 124 Å². The molecule has 0 amide bonds. The third kappa shape index (κ3) is 4.43. The summed E-state index contributed by atoms with van der Waals surface area (Å²) in [4.78, 5) is 2.53. The van der Waals surface area contributed by atoms with Gasteiger partial charge in [0, 0.05) is 24.9 Å². The molecule has 0 bridgehead atoms. The molecular formula is C15H30N2O2S. The standard InChI is InChI=1S/C15H30N2O2S/c1-12(2)17-8-7-13(11-17)10-16-14-5-4-6-15(9-14)20(3,18)19/h12-16H,4-11H2,1-3H3. The first kappa shape index (κ1) is 16.2. The molecular weight excluding hydrogens is 272 g/mol. The van der Waals surface area contributed by atoms with Gasteiger partial charge in [-0.05, 0) is 58.5 Å². The maximum absolute atomic E-state index is 11.7. The van der Waals surface area contributed by atoms with Crippen LogP contribution in [0.1, 0.15) is 46.0 Å². The number of rotatable bonds is 5. The van der Waals surface area contributed by atoms with Crippen LogP contribution in [0.4, 0.5) is 0 Å². The van der Waals surface area contributed by atoms with Gasteiger partial charge in [-0.25, -0.2) is 8.42 Å². The summed E-state index contributed by atoms with van der Waals surface area (Å²) in [5.74, 6) is 0.732. The number of likely N-dealkylation sites (tertiary alicyclic amines) is 1. The Morgan fingerprint density at radius 2 is 2.00 bits per heavy atom. The fraction of sp³-hybridized carbons (Fsp3) is 1.00. The summed E-state index contributed by atoms with van der Waals surface area (Å²) in [6, 6.07) is 1.04. The van der Waals surface area contributed by atoms with Crippen molar-refractivity contribution in [3.8, 4) is 0 Å². The van der Waals surface area contributed by atoms with Gasteiger partial charge in [-0.3, -0.25) is 0 Å². The van der Waals surface area contributed by atoms with Crippen molar-refractivity contribution in [2.45, 2.75) is 63.3 Å². The van der Waals surface area contributed by atoms with Gasteiger partial charge in [-0.2, -0.15) is 0 Å². The van der Waals surface area contributed by atoms with Crippen molar-refractivity contribution in [1.29, 1.82) is 0 Å². The number of hydrogen-bond acceptors (Lipinski definition) is 4. The molecule has 1 saturated heterocycles. The van der Waals surface area contributed by atoms with Gasteiger partial charge in [0.2, 0.25) is 0 Å². The van der Waals surface area contributed by atoms with Crippen LogP contribution in [0.5, 0.6) is 0 Å². The molecule has 3 unspecified atom stereocenters. The van der Waals surface area contributed by atoms with Gasteiger partial charge >= 0.3 is 0 Å². The molecule has 1 aliphatic carbocycles. The molecule has 1 N–H and O–H groups in total. The Bertz CT molecular complexity index is 408. The Kier molecular flexibility index (Phi) is 5.49. The van der Waals surface area contributed by atoms with Gasteiger partial charge in [0.1, 0.15) is 9.84 Å². The molecule has 0 aromatic carbocycles. The van der Waals surface area contributed by atoms with Crippen molar-refractivity contribution in [3.05, 3.63) is 0 Å². The van der Waals surface area contributed by atoms with E-state index in [2.05, 4.69) is 24.1 Å². The number of nitrogens with zero attached hydrogens (tertiary/aromatic N) is 1. The van der Waals surface area contributed by atoms with Crippen molar-refractivity contribution in [3.63, 3.8) is 0 Å². The second-order valence-electron chi connectivity index (χ2n) is 6.97. The Balaban J connectivity index is 1.75. The van der Waals surface area contributed by atoms with Crippen LogP contribution in [0.25, 0.3) is 0 Å². The molecule has 0 spiro atoms. The van der Waals surface area contributed by atoms with E-state index >= 15 is 0 Å². The Morgan fingerprint density at radius 3 is 2.60 bits per heavy atom. The molecule has 118 valence electrons. The highest BCUT2D eigenvalue weighted by Gasteiger charge is 2.30. The molecule has 0 radical (unpaired) electrons. The van der Waals surface area contributed by atoms with Crippen LogP contribution in [0, 0.1) is 5.92 Å². The predicted octanol–water partition coefficient (Wildman–Crippen LogP) is 1.66. The van der Waals surface area contributed by atoms with Gasteiger partial charge in [0.05, 0.1) is 5.25 Å². The van der Waals surface area contributed by atoms with Crippen molar-refractivity contribution >= 4 is 9.84 Å². The van der Waals surface area contributed by atoms with Crippen LogP contribution in [0.15, 0.2) is 0 Å². The Morgan fingerprint density at radius 1 is 1.25 bits per heavy atom. The minimum Gasteiger partial charge on any atom is -0.314 e. The van der Waals surface area contributed by atoms with E-state index in [9.17, 15) is 8.42 Å². The van der Waals surface area contributed by atoms with Gasteiger partial charge in [-0.15, -0.1) is 0 Å². The minimum absolute atomic E-state index is 0.121. The van der Waals surface area contributed by atoms with Crippen molar-refractivity contribution in [2.75, 3.05) is 25.9 Å². The molecule has 2 rings (SSSR count). The highest BCUT2D eigenvalue weighted by Crippen LogP contribution is 2.25. The van der Waals surface area contributed by atoms with Crippen LogP contribution in [0.3, 0.4) is 0 Å².